The summed E-state index contributed by atoms with van der Waals surface area (Å²) in [4.78, 5) is 14.1. The van der Waals surface area contributed by atoms with E-state index in [-0.39, 0.29) is 30.1 Å². The molecule has 2 aromatic rings. The highest BCUT2D eigenvalue weighted by molar-refractivity contribution is 7.78. The number of hydrogen-bond acceptors (Lipinski definition) is 4. The molecule has 3 N–H and O–H groups in total. The van der Waals surface area contributed by atoms with Crippen LogP contribution in [0, 0.1) is 0 Å². The van der Waals surface area contributed by atoms with Gasteiger partial charge in [0.1, 0.15) is 0 Å². The molecule has 0 fully saturated rings. The molecule has 0 aromatic heterocycles. The second-order valence-corrected chi connectivity index (χ2v) is 9.71. The lowest BCUT2D eigenvalue weighted by atomic mass is 9.79. The number of carbonyl (C=O) groups excluding carboxylic acids is 1. The maximum atomic E-state index is 12.3. The van der Waals surface area contributed by atoms with Crippen molar-refractivity contribution >= 4 is 18.8 Å². The zero-order chi connectivity index (χ0) is 24.2. The molecule has 6 heteroatoms. The van der Waals surface area contributed by atoms with E-state index >= 15 is 0 Å². The van der Waals surface area contributed by atoms with E-state index in [1.54, 1.807) is 0 Å². The molecule has 182 valence electrons. The SMILES string of the molecule is CC(CO)(CCCCN(CCCCC(C)(CO)c1ccccc1)C(=O)NS)c1ccccc1. The van der Waals surface area contributed by atoms with Gasteiger partial charge in [-0.3, -0.25) is 4.72 Å². The lowest BCUT2D eigenvalue weighted by molar-refractivity contribution is 0.182. The van der Waals surface area contributed by atoms with E-state index in [2.05, 4.69) is 55.6 Å². The third-order valence-electron chi connectivity index (χ3n) is 6.84. The monoisotopic (exact) mass is 472 g/mol. The molecule has 0 aliphatic rings. The minimum absolute atomic E-state index is 0.100. The van der Waals surface area contributed by atoms with Crippen LogP contribution in [0.4, 0.5) is 4.79 Å². The molecule has 0 saturated heterocycles. The van der Waals surface area contributed by atoms with E-state index in [1.165, 1.54) is 0 Å². The second-order valence-electron chi connectivity index (χ2n) is 9.49. The summed E-state index contributed by atoms with van der Waals surface area (Å²) in [6.07, 6.45) is 5.27. The highest BCUT2D eigenvalue weighted by Gasteiger charge is 2.26. The zero-order valence-corrected chi connectivity index (χ0v) is 20.9. The van der Waals surface area contributed by atoms with Gasteiger partial charge in [-0.25, -0.2) is 4.79 Å². The maximum absolute atomic E-state index is 12.3. The first-order chi connectivity index (χ1) is 15.9. The third kappa shape index (κ3) is 8.05. The van der Waals surface area contributed by atoms with Crippen molar-refractivity contribution in [3.63, 3.8) is 0 Å². The van der Waals surface area contributed by atoms with E-state index in [1.807, 2.05) is 41.3 Å². The topological polar surface area (TPSA) is 72.8 Å². The van der Waals surface area contributed by atoms with Gasteiger partial charge in [-0.05, 0) is 36.8 Å². The Morgan fingerprint density at radius 2 is 1.18 bits per heavy atom. The standard InChI is InChI=1S/C27H40N2O3S/c1-26(21-30,23-13-5-3-6-14-23)17-9-11-19-29(25(32)28-33)20-12-10-18-27(2,22-31)24-15-7-4-8-16-24/h3-8,13-16,30-31,33H,9-12,17-22H2,1-2H3,(H,28,32). The Hall–Kier alpha value is -2.02. The average molecular weight is 473 g/mol. The summed E-state index contributed by atoms with van der Waals surface area (Å²) in [7, 11) is 0. The number of aliphatic hydroxyl groups is 2. The van der Waals surface area contributed by atoms with E-state index in [4.69, 9.17) is 0 Å². The fraction of sp³-hybridized carbons (Fsp3) is 0.519. The number of amides is 2. The van der Waals surface area contributed by atoms with Crippen LogP contribution in [0.1, 0.15) is 63.5 Å². The molecule has 2 rings (SSSR count). The predicted octanol–water partition coefficient (Wildman–Crippen LogP) is 5.08. The number of carbonyl (C=O) groups is 1. The number of aliphatic hydroxyl groups excluding tert-OH is 2. The number of thiol groups is 1. The highest BCUT2D eigenvalue weighted by Crippen LogP contribution is 2.30. The van der Waals surface area contributed by atoms with Crippen molar-refractivity contribution in [3.05, 3.63) is 71.8 Å². The van der Waals surface area contributed by atoms with Crippen molar-refractivity contribution in [1.82, 2.24) is 9.62 Å². The van der Waals surface area contributed by atoms with Gasteiger partial charge < -0.3 is 15.1 Å². The molecule has 0 radical (unpaired) electrons. The van der Waals surface area contributed by atoms with Crippen LogP contribution in [-0.2, 0) is 10.8 Å². The summed E-state index contributed by atoms with van der Waals surface area (Å²) in [5, 5.41) is 20.0. The molecule has 2 atom stereocenters. The number of benzene rings is 2. The largest absolute Gasteiger partial charge is 0.395 e. The van der Waals surface area contributed by atoms with Crippen LogP contribution >= 0.6 is 12.8 Å². The van der Waals surface area contributed by atoms with Gasteiger partial charge in [-0.1, -0.05) is 100 Å². The van der Waals surface area contributed by atoms with E-state index < -0.39 is 0 Å². The van der Waals surface area contributed by atoms with E-state index in [9.17, 15) is 15.0 Å². The van der Waals surface area contributed by atoms with Crippen LogP contribution in [-0.4, -0.2) is 47.4 Å². The molecule has 2 unspecified atom stereocenters. The smallest absolute Gasteiger partial charge is 0.327 e. The van der Waals surface area contributed by atoms with Crippen molar-refractivity contribution in [2.24, 2.45) is 0 Å². The fourth-order valence-electron chi connectivity index (χ4n) is 4.33. The summed E-state index contributed by atoms with van der Waals surface area (Å²) in [5.41, 5.74) is 1.74. The second kappa shape index (κ2) is 13.6. The van der Waals surface area contributed by atoms with Gasteiger partial charge in [0, 0.05) is 23.9 Å². The number of urea groups is 1. The Balaban J connectivity index is 1.82. The highest BCUT2D eigenvalue weighted by atomic mass is 32.1. The summed E-state index contributed by atoms with van der Waals surface area (Å²) < 4.78 is 2.45. The Bertz CT molecular complexity index is 759. The van der Waals surface area contributed by atoms with Gasteiger partial charge in [-0.2, -0.15) is 0 Å². The molecule has 33 heavy (non-hydrogen) atoms. The summed E-state index contributed by atoms with van der Waals surface area (Å²) in [5.74, 6) is 0. The van der Waals surface area contributed by atoms with Gasteiger partial charge in [-0.15, -0.1) is 0 Å². The van der Waals surface area contributed by atoms with E-state index in [0.717, 1.165) is 49.7 Å². The molecular formula is C27H40N2O3S. The Labute approximate surface area is 204 Å². The van der Waals surface area contributed by atoms with Crippen LogP contribution < -0.4 is 4.72 Å². The van der Waals surface area contributed by atoms with Gasteiger partial charge in [0.15, 0.2) is 0 Å². The first-order valence-electron chi connectivity index (χ1n) is 11.9. The molecule has 5 nitrogen and oxygen atoms in total. The molecule has 0 saturated carbocycles. The number of nitrogens with one attached hydrogen (secondary N) is 1. The van der Waals surface area contributed by atoms with Crippen LogP contribution in [0.3, 0.4) is 0 Å². The first-order valence-corrected chi connectivity index (χ1v) is 12.3. The molecule has 0 bridgehead atoms. The quantitative estimate of drug-likeness (QED) is 0.229. The minimum Gasteiger partial charge on any atom is -0.395 e. The molecule has 0 heterocycles. The average Bonchev–Trinajstić information content (AvgIpc) is 2.87. The molecular weight excluding hydrogens is 432 g/mol. The number of unbranched alkanes of at least 4 members (excludes halogenated alkanes) is 2. The summed E-state index contributed by atoms with van der Waals surface area (Å²) in [6.45, 7) is 5.68. The molecule has 2 aromatic carbocycles. The molecule has 2 amide bonds. The lowest BCUT2D eigenvalue weighted by Crippen LogP contribution is -2.38. The van der Waals surface area contributed by atoms with Crippen molar-refractivity contribution in [2.45, 2.75) is 63.2 Å². The fourth-order valence-corrected chi connectivity index (χ4v) is 4.47. The predicted molar refractivity (Wildman–Crippen MR) is 139 cm³/mol. The molecule has 0 aliphatic carbocycles. The Morgan fingerprint density at radius 1 is 0.788 bits per heavy atom. The zero-order valence-electron chi connectivity index (χ0n) is 20.0. The van der Waals surface area contributed by atoms with Gasteiger partial charge in [0.2, 0.25) is 0 Å². The molecule has 0 spiro atoms. The Morgan fingerprint density at radius 3 is 1.52 bits per heavy atom. The van der Waals surface area contributed by atoms with Gasteiger partial charge >= 0.3 is 6.03 Å². The normalized spacial score (nSPS) is 14.8. The summed E-state index contributed by atoms with van der Waals surface area (Å²) >= 11 is 3.96. The minimum atomic E-state index is -0.274. The van der Waals surface area contributed by atoms with Crippen molar-refractivity contribution in [1.29, 1.82) is 0 Å². The van der Waals surface area contributed by atoms with Crippen LogP contribution in [0.25, 0.3) is 0 Å². The number of hydrogen-bond donors (Lipinski definition) is 4. The lowest BCUT2D eigenvalue weighted by Gasteiger charge is -2.29. The van der Waals surface area contributed by atoms with Gasteiger partial charge in [0.05, 0.1) is 13.2 Å². The third-order valence-corrected chi connectivity index (χ3v) is 7.03. The number of rotatable bonds is 14. The van der Waals surface area contributed by atoms with Crippen molar-refractivity contribution < 1.29 is 15.0 Å². The Kier molecular flexibility index (Phi) is 11.2. The summed E-state index contributed by atoms with van der Waals surface area (Å²) in [6, 6.07) is 20.0. The van der Waals surface area contributed by atoms with E-state index in [0.29, 0.717) is 13.1 Å². The van der Waals surface area contributed by atoms with Crippen LogP contribution in [0.15, 0.2) is 60.7 Å². The first kappa shape index (κ1) is 27.2. The number of nitrogens with zero attached hydrogens (tertiary/aromatic N) is 1. The van der Waals surface area contributed by atoms with Crippen molar-refractivity contribution in [3.8, 4) is 0 Å². The molecule has 0 aliphatic heterocycles. The van der Waals surface area contributed by atoms with Gasteiger partial charge in [0.25, 0.3) is 0 Å². The van der Waals surface area contributed by atoms with Crippen LogP contribution in [0.5, 0.6) is 0 Å². The van der Waals surface area contributed by atoms with Crippen molar-refractivity contribution in [2.75, 3.05) is 26.3 Å². The van der Waals surface area contributed by atoms with Crippen LogP contribution in [0.2, 0.25) is 0 Å². The maximum Gasteiger partial charge on any atom is 0.327 e.